The Balaban J connectivity index is 2.43. The lowest BCUT2D eigenvalue weighted by atomic mass is 10.1. The van der Waals surface area contributed by atoms with Gasteiger partial charge in [-0.25, -0.2) is 4.98 Å². The van der Waals surface area contributed by atoms with E-state index in [1.54, 1.807) is 6.08 Å². The third-order valence-corrected chi connectivity index (χ3v) is 3.15. The third kappa shape index (κ3) is 2.94. The van der Waals surface area contributed by atoms with Gasteiger partial charge in [0.15, 0.2) is 6.29 Å². The maximum Gasteiger partial charge on any atom is 0.170 e. The van der Waals surface area contributed by atoms with Crippen LogP contribution in [0.15, 0.2) is 55.6 Å². The topological polar surface area (TPSA) is 34.9 Å². The summed E-state index contributed by atoms with van der Waals surface area (Å²) in [5.41, 5.74) is 2.57. The molecule has 1 aromatic heterocycles. The van der Waals surface area contributed by atoms with Crippen LogP contribution in [0.1, 0.15) is 27.6 Å². The van der Waals surface area contributed by atoms with Crippen LogP contribution in [0.4, 0.5) is 0 Å². The van der Waals surface area contributed by atoms with Crippen LogP contribution in [0.2, 0.25) is 0 Å². The Morgan fingerprint density at radius 3 is 2.50 bits per heavy atom. The van der Waals surface area contributed by atoms with Crippen molar-refractivity contribution >= 4 is 6.29 Å². The second-order valence-electron chi connectivity index (χ2n) is 4.53. The first kappa shape index (κ1) is 14.0. The molecule has 0 saturated carbocycles. The predicted molar refractivity (Wildman–Crippen MR) is 81.0 cm³/mol. The van der Waals surface area contributed by atoms with E-state index in [4.69, 9.17) is 0 Å². The number of imidazole rings is 1. The smallest absolute Gasteiger partial charge is 0.170 e. The molecule has 0 amide bonds. The zero-order chi connectivity index (χ0) is 14.4. The molecule has 3 heteroatoms. The lowest BCUT2D eigenvalue weighted by Gasteiger charge is -2.09. The second kappa shape index (κ2) is 6.66. The van der Waals surface area contributed by atoms with Crippen molar-refractivity contribution < 1.29 is 4.79 Å². The zero-order valence-corrected chi connectivity index (χ0v) is 11.5. The first-order valence-corrected chi connectivity index (χ1v) is 6.59. The van der Waals surface area contributed by atoms with Crippen LogP contribution in [0.5, 0.6) is 0 Å². The van der Waals surface area contributed by atoms with Crippen molar-refractivity contribution in [3.8, 4) is 0 Å². The van der Waals surface area contributed by atoms with E-state index in [2.05, 4.69) is 30.3 Å². The SMILES string of the molecule is C=CCc1c(C=O)nc(Cc2ccccc2)n1CC=C. The third-order valence-electron chi connectivity index (χ3n) is 3.15. The van der Waals surface area contributed by atoms with Gasteiger partial charge in [0.05, 0.1) is 5.69 Å². The Kier molecular flexibility index (Phi) is 4.66. The van der Waals surface area contributed by atoms with E-state index in [1.165, 1.54) is 5.56 Å². The van der Waals surface area contributed by atoms with Gasteiger partial charge in [-0.2, -0.15) is 0 Å². The largest absolute Gasteiger partial charge is 0.327 e. The van der Waals surface area contributed by atoms with Crippen molar-refractivity contribution in [3.63, 3.8) is 0 Å². The molecule has 3 nitrogen and oxygen atoms in total. The number of rotatable bonds is 7. The van der Waals surface area contributed by atoms with E-state index in [1.807, 2.05) is 28.8 Å². The molecule has 2 rings (SSSR count). The van der Waals surface area contributed by atoms with Crippen molar-refractivity contribution in [2.24, 2.45) is 0 Å². The van der Waals surface area contributed by atoms with E-state index < -0.39 is 0 Å². The second-order valence-corrected chi connectivity index (χ2v) is 4.53. The average molecular weight is 266 g/mol. The van der Waals surface area contributed by atoms with Crippen LogP contribution in [-0.2, 0) is 19.4 Å². The van der Waals surface area contributed by atoms with E-state index in [-0.39, 0.29) is 0 Å². The van der Waals surface area contributed by atoms with Gasteiger partial charge in [-0.05, 0) is 5.56 Å². The lowest BCUT2D eigenvalue weighted by Crippen LogP contribution is -2.07. The van der Waals surface area contributed by atoms with Crippen LogP contribution in [0.25, 0.3) is 0 Å². The summed E-state index contributed by atoms with van der Waals surface area (Å²) in [6, 6.07) is 10.1. The number of aldehydes is 1. The van der Waals surface area contributed by atoms with Gasteiger partial charge >= 0.3 is 0 Å². The molecule has 0 aliphatic heterocycles. The van der Waals surface area contributed by atoms with Crippen molar-refractivity contribution in [2.45, 2.75) is 19.4 Å². The number of allylic oxidation sites excluding steroid dienone is 2. The normalized spacial score (nSPS) is 10.2. The Morgan fingerprint density at radius 1 is 1.15 bits per heavy atom. The van der Waals surface area contributed by atoms with Gasteiger partial charge in [-0.1, -0.05) is 42.5 Å². The summed E-state index contributed by atoms with van der Waals surface area (Å²) in [6.45, 7) is 8.17. The van der Waals surface area contributed by atoms with Gasteiger partial charge in [0.1, 0.15) is 11.5 Å². The summed E-state index contributed by atoms with van der Waals surface area (Å²) in [7, 11) is 0. The fourth-order valence-electron chi connectivity index (χ4n) is 2.26. The van der Waals surface area contributed by atoms with Crippen molar-refractivity contribution in [1.29, 1.82) is 0 Å². The van der Waals surface area contributed by atoms with Gasteiger partial charge < -0.3 is 4.57 Å². The fraction of sp³-hybridized carbons (Fsp3) is 0.176. The molecule has 0 N–H and O–H groups in total. The number of benzene rings is 1. The summed E-state index contributed by atoms with van der Waals surface area (Å²) in [5, 5.41) is 0. The molecular formula is C17H18N2O. The van der Waals surface area contributed by atoms with Crippen LogP contribution >= 0.6 is 0 Å². The summed E-state index contributed by atoms with van der Waals surface area (Å²) in [4.78, 5) is 15.6. The molecule has 0 spiro atoms. The van der Waals surface area contributed by atoms with E-state index >= 15 is 0 Å². The summed E-state index contributed by atoms with van der Waals surface area (Å²) >= 11 is 0. The summed E-state index contributed by atoms with van der Waals surface area (Å²) in [6.07, 6.45) is 5.75. The molecule has 0 radical (unpaired) electrons. The van der Waals surface area contributed by atoms with Crippen LogP contribution in [0.3, 0.4) is 0 Å². The maximum atomic E-state index is 11.2. The molecule has 20 heavy (non-hydrogen) atoms. The molecule has 2 aromatic rings. The Bertz CT molecular complexity index is 611. The minimum absolute atomic E-state index is 0.498. The number of nitrogens with zero attached hydrogens (tertiary/aromatic N) is 2. The van der Waals surface area contributed by atoms with Gasteiger partial charge in [0, 0.05) is 19.4 Å². The number of aromatic nitrogens is 2. The van der Waals surface area contributed by atoms with E-state index in [9.17, 15) is 4.79 Å². The number of hydrogen-bond donors (Lipinski definition) is 0. The highest BCUT2D eigenvalue weighted by molar-refractivity contribution is 5.74. The molecule has 0 aliphatic rings. The molecular weight excluding hydrogens is 248 g/mol. The monoisotopic (exact) mass is 266 g/mol. The number of carbonyl (C=O) groups excluding carboxylic acids is 1. The molecule has 0 fully saturated rings. The fourth-order valence-corrected chi connectivity index (χ4v) is 2.26. The summed E-state index contributed by atoms with van der Waals surface area (Å²) < 4.78 is 2.05. The van der Waals surface area contributed by atoms with Gasteiger partial charge in [-0.15, -0.1) is 13.2 Å². The Morgan fingerprint density at radius 2 is 1.90 bits per heavy atom. The van der Waals surface area contributed by atoms with Gasteiger partial charge in [0.2, 0.25) is 0 Å². The van der Waals surface area contributed by atoms with E-state index in [0.29, 0.717) is 25.1 Å². The molecule has 0 saturated heterocycles. The molecule has 0 aliphatic carbocycles. The van der Waals surface area contributed by atoms with Crippen LogP contribution < -0.4 is 0 Å². The Labute approximate surface area is 119 Å². The molecule has 102 valence electrons. The van der Waals surface area contributed by atoms with Crippen LogP contribution in [0, 0.1) is 0 Å². The maximum absolute atomic E-state index is 11.2. The molecule has 1 heterocycles. The minimum Gasteiger partial charge on any atom is -0.327 e. The zero-order valence-electron chi connectivity index (χ0n) is 11.5. The molecule has 0 unspecified atom stereocenters. The van der Waals surface area contributed by atoms with Gasteiger partial charge in [-0.3, -0.25) is 4.79 Å². The van der Waals surface area contributed by atoms with Crippen molar-refractivity contribution in [1.82, 2.24) is 9.55 Å². The first-order valence-electron chi connectivity index (χ1n) is 6.59. The lowest BCUT2D eigenvalue weighted by molar-refractivity contribution is 0.111. The standard InChI is InChI=1S/C17H18N2O/c1-3-8-16-15(13-20)18-17(19(16)11-4-2)12-14-9-6-5-7-10-14/h3-7,9-10,13H,1-2,8,11-12H2. The number of carbonyl (C=O) groups is 1. The molecule has 1 aromatic carbocycles. The Hall–Kier alpha value is -2.42. The molecule has 0 bridgehead atoms. The average Bonchev–Trinajstić information content (AvgIpc) is 2.79. The highest BCUT2D eigenvalue weighted by Gasteiger charge is 2.15. The van der Waals surface area contributed by atoms with Crippen LogP contribution in [-0.4, -0.2) is 15.8 Å². The summed E-state index contributed by atoms with van der Waals surface area (Å²) in [5.74, 6) is 0.884. The predicted octanol–water partition coefficient (Wildman–Crippen LogP) is 3.20. The molecule has 0 atom stereocenters. The highest BCUT2D eigenvalue weighted by Crippen LogP contribution is 2.16. The van der Waals surface area contributed by atoms with E-state index in [0.717, 1.165) is 17.8 Å². The highest BCUT2D eigenvalue weighted by atomic mass is 16.1. The van der Waals surface area contributed by atoms with Crippen molar-refractivity contribution in [2.75, 3.05) is 0 Å². The quantitative estimate of drug-likeness (QED) is 0.570. The van der Waals surface area contributed by atoms with Gasteiger partial charge in [0.25, 0.3) is 0 Å². The number of hydrogen-bond acceptors (Lipinski definition) is 2. The first-order chi connectivity index (χ1) is 9.80. The minimum atomic E-state index is 0.498. The van der Waals surface area contributed by atoms with Crippen molar-refractivity contribution in [3.05, 3.63) is 78.4 Å².